The van der Waals surface area contributed by atoms with E-state index in [1.165, 1.54) is 5.56 Å². The van der Waals surface area contributed by atoms with Gasteiger partial charge in [-0.05, 0) is 36.7 Å². The topological polar surface area (TPSA) is 45.2 Å². The number of pyridine rings is 1. The van der Waals surface area contributed by atoms with Crippen molar-refractivity contribution in [1.29, 1.82) is 0 Å². The smallest absolute Gasteiger partial charge is 0.117 e. The van der Waals surface area contributed by atoms with Crippen molar-refractivity contribution in [1.82, 2.24) is 10.3 Å². The van der Waals surface area contributed by atoms with Gasteiger partial charge in [0.2, 0.25) is 0 Å². The van der Waals surface area contributed by atoms with E-state index in [9.17, 15) is 5.11 Å². The lowest BCUT2D eigenvalue weighted by molar-refractivity contribution is 0.476. The van der Waals surface area contributed by atoms with Crippen molar-refractivity contribution in [3.63, 3.8) is 0 Å². The third-order valence-electron chi connectivity index (χ3n) is 2.83. The predicted molar refractivity (Wildman–Crippen MR) is 58.8 cm³/mol. The van der Waals surface area contributed by atoms with Gasteiger partial charge >= 0.3 is 0 Å². The largest absolute Gasteiger partial charge is 0.508 e. The van der Waals surface area contributed by atoms with Crippen LogP contribution in [-0.4, -0.2) is 16.6 Å². The van der Waals surface area contributed by atoms with E-state index in [-0.39, 0.29) is 5.75 Å². The first-order valence-electron chi connectivity index (χ1n) is 5.15. The molecule has 2 aromatic rings. The molecule has 1 aliphatic heterocycles. The average molecular weight is 200 g/mol. The first-order valence-corrected chi connectivity index (χ1v) is 5.15. The molecule has 0 bridgehead atoms. The van der Waals surface area contributed by atoms with E-state index < -0.39 is 0 Å². The Hall–Kier alpha value is -1.61. The van der Waals surface area contributed by atoms with Gasteiger partial charge in [-0.2, -0.15) is 0 Å². The summed E-state index contributed by atoms with van der Waals surface area (Å²) in [6.07, 6.45) is 1.04. The summed E-state index contributed by atoms with van der Waals surface area (Å²) in [5, 5.41) is 13.8. The molecule has 3 heteroatoms. The first kappa shape index (κ1) is 8.68. The van der Waals surface area contributed by atoms with Crippen LogP contribution in [0.1, 0.15) is 11.3 Å². The number of fused-ring (bicyclic) bond motifs is 2. The Balaban J connectivity index is 2.26. The Morgan fingerprint density at radius 3 is 3.13 bits per heavy atom. The van der Waals surface area contributed by atoms with Gasteiger partial charge in [0.25, 0.3) is 0 Å². The molecule has 1 aromatic carbocycles. The molecule has 15 heavy (non-hydrogen) atoms. The number of phenolic OH excluding ortho intramolecular Hbond substituents is 1. The maximum Gasteiger partial charge on any atom is 0.117 e. The lowest BCUT2D eigenvalue weighted by Gasteiger charge is -2.16. The van der Waals surface area contributed by atoms with E-state index in [4.69, 9.17) is 0 Å². The van der Waals surface area contributed by atoms with Gasteiger partial charge < -0.3 is 10.4 Å². The summed E-state index contributed by atoms with van der Waals surface area (Å²) < 4.78 is 0. The molecule has 1 aliphatic rings. The van der Waals surface area contributed by atoms with Crippen LogP contribution in [0.15, 0.2) is 24.3 Å². The Bertz CT molecular complexity index is 522. The number of nitrogens with zero attached hydrogens (tertiary/aromatic N) is 1. The minimum atomic E-state index is 0.277. The number of aromatic nitrogens is 1. The third kappa shape index (κ3) is 1.45. The Kier molecular flexibility index (Phi) is 1.86. The normalized spacial score (nSPS) is 15.2. The van der Waals surface area contributed by atoms with Crippen molar-refractivity contribution in [2.24, 2.45) is 0 Å². The molecule has 0 saturated carbocycles. The minimum absolute atomic E-state index is 0.277. The van der Waals surface area contributed by atoms with Crippen molar-refractivity contribution < 1.29 is 5.11 Å². The van der Waals surface area contributed by atoms with Crippen molar-refractivity contribution in [2.75, 3.05) is 6.54 Å². The number of hydrogen-bond acceptors (Lipinski definition) is 3. The zero-order valence-electron chi connectivity index (χ0n) is 8.33. The van der Waals surface area contributed by atoms with Crippen LogP contribution in [0.3, 0.4) is 0 Å². The molecule has 0 fully saturated rings. The molecule has 2 heterocycles. The maximum atomic E-state index is 9.38. The highest BCUT2D eigenvalue weighted by atomic mass is 16.3. The van der Waals surface area contributed by atoms with Crippen LogP contribution in [-0.2, 0) is 13.0 Å². The molecule has 0 radical (unpaired) electrons. The lowest BCUT2D eigenvalue weighted by atomic mass is 10.0. The SMILES string of the molecule is Oc1ccc2cc3c(nc2c1)CNCC3. The zero-order valence-corrected chi connectivity index (χ0v) is 8.33. The zero-order chi connectivity index (χ0) is 10.3. The molecule has 0 spiro atoms. The number of rotatable bonds is 0. The van der Waals surface area contributed by atoms with Crippen LogP contribution in [0.4, 0.5) is 0 Å². The molecule has 0 unspecified atom stereocenters. The van der Waals surface area contributed by atoms with Crippen LogP contribution in [0.5, 0.6) is 5.75 Å². The summed E-state index contributed by atoms with van der Waals surface area (Å²) in [5.74, 6) is 0.277. The lowest BCUT2D eigenvalue weighted by Crippen LogP contribution is -2.24. The minimum Gasteiger partial charge on any atom is -0.508 e. The van der Waals surface area contributed by atoms with E-state index in [1.807, 2.05) is 6.07 Å². The van der Waals surface area contributed by atoms with Gasteiger partial charge in [0.05, 0.1) is 11.2 Å². The fourth-order valence-electron chi connectivity index (χ4n) is 2.04. The van der Waals surface area contributed by atoms with E-state index in [2.05, 4.69) is 16.4 Å². The Morgan fingerprint density at radius 1 is 1.27 bits per heavy atom. The second kappa shape index (κ2) is 3.21. The summed E-state index contributed by atoms with van der Waals surface area (Å²) in [6.45, 7) is 1.86. The molecule has 3 rings (SSSR count). The van der Waals surface area contributed by atoms with Crippen LogP contribution < -0.4 is 5.32 Å². The number of nitrogens with one attached hydrogen (secondary N) is 1. The summed E-state index contributed by atoms with van der Waals surface area (Å²) in [5.41, 5.74) is 3.31. The molecule has 0 saturated heterocycles. The highest BCUT2D eigenvalue weighted by Crippen LogP contribution is 2.22. The van der Waals surface area contributed by atoms with Crippen LogP contribution in [0, 0.1) is 0 Å². The van der Waals surface area contributed by atoms with Crippen LogP contribution in [0.25, 0.3) is 10.9 Å². The molecular weight excluding hydrogens is 188 g/mol. The second-order valence-electron chi connectivity index (χ2n) is 3.90. The van der Waals surface area contributed by atoms with E-state index in [0.717, 1.165) is 36.1 Å². The van der Waals surface area contributed by atoms with Gasteiger partial charge in [-0.25, -0.2) is 0 Å². The predicted octanol–water partition coefficient (Wildman–Crippen LogP) is 1.59. The standard InChI is InChI=1S/C12H12N2O/c15-10-2-1-8-5-9-3-4-13-7-12(9)14-11(8)6-10/h1-2,5-6,13,15H,3-4,7H2. The van der Waals surface area contributed by atoms with Crippen molar-refractivity contribution in [3.05, 3.63) is 35.5 Å². The number of hydrogen-bond donors (Lipinski definition) is 2. The highest BCUT2D eigenvalue weighted by Gasteiger charge is 2.10. The van der Waals surface area contributed by atoms with E-state index in [1.54, 1.807) is 12.1 Å². The molecule has 3 nitrogen and oxygen atoms in total. The highest BCUT2D eigenvalue weighted by molar-refractivity contribution is 5.81. The van der Waals surface area contributed by atoms with E-state index >= 15 is 0 Å². The average Bonchev–Trinajstić information content (AvgIpc) is 2.26. The quantitative estimate of drug-likeness (QED) is 0.678. The van der Waals surface area contributed by atoms with Gasteiger partial charge in [0.15, 0.2) is 0 Å². The van der Waals surface area contributed by atoms with Crippen molar-refractivity contribution >= 4 is 10.9 Å². The summed E-state index contributed by atoms with van der Waals surface area (Å²) >= 11 is 0. The summed E-state index contributed by atoms with van der Waals surface area (Å²) in [4.78, 5) is 4.55. The number of phenols is 1. The number of benzene rings is 1. The third-order valence-corrected chi connectivity index (χ3v) is 2.83. The Morgan fingerprint density at radius 2 is 2.20 bits per heavy atom. The Labute approximate surface area is 87.8 Å². The molecule has 76 valence electrons. The van der Waals surface area contributed by atoms with Crippen LogP contribution in [0.2, 0.25) is 0 Å². The number of aromatic hydroxyl groups is 1. The summed E-state index contributed by atoms with van der Waals surface area (Å²) in [7, 11) is 0. The molecule has 1 aromatic heterocycles. The van der Waals surface area contributed by atoms with E-state index in [0.29, 0.717) is 0 Å². The van der Waals surface area contributed by atoms with Gasteiger partial charge in [0.1, 0.15) is 5.75 Å². The molecule has 0 amide bonds. The van der Waals surface area contributed by atoms with Crippen molar-refractivity contribution in [2.45, 2.75) is 13.0 Å². The van der Waals surface area contributed by atoms with Gasteiger partial charge in [-0.15, -0.1) is 0 Å². The van der Waals surface area contributed by atoms with Gasteiger partial charge in [-0.1, -0.05) is 0 Å². The first-order chi connectivity index (χ1) is 7.33. The molecule has 0 aliphatic carbocycles. The molecule has 0 atom stereocenters. The fourth-order valence-corrected chi connectivity index (χ4v) is 2.04. The maximum absolute atomic E-state index is 9.38. The van der Waals surface area contributed by atoms with Crippen molar-refractivity contribution in [3.8, 4) is 5.75 Å². The van der Waals surface area contributed by atoms with Gasteiger partial charge in [0, 0.05) is 18.0 Å². The van der Waals surface area contributed by atoms with Crippen LogP contribution >= 0.6 is 0 Å². The monoisotopic (exact) mass is 200 g/mol. The fraction of sp³-hybridized carbons (Fsp3) is 0.250. The molecule has 2 N–H and O–H groups in total. The second-order valence-corrected chi connectivity index (χ2v) is 3.90. The van der Waals surface area contributed by atoms with Gasteiger partial charge in [-0.3, -0.25) is 4.98 Å². The molecular formula is C12H12N2O. The summed E-state index contributed by atoms with van der Waals surface area (Å²) in [6, 6.07) is 7.51.